The molecule has 1 aromatic rings. The molecule has 0 saturated heterocycles. The van der Waals surface area contributed by atoms with E-state index in [4.69, 9.17) is 10.5 Å². The van der Waals surface area contributed by atoms with E-state index in [1.165, 1.54) is 6.07 Å². The number of hydrogen-bond acceptors (Lipinski definition) is 5. The van der Waals surface area contributed by atoms with Crippen molar-refractivity contribution in [3.63, 3.8) is 0 Å². The van der Waals surface area contributed by atoms with E-state index < -0.39 is 18.8 Å². The summed E-state index contributed by atoms with van der Waals surface area (Å²) in [5.74, 6) is -0.552. The van der Waals surface area contributed by atoms with Crippen molar-refractivity contribution < 1.29 is 27.4 Å². The van der Waals surface area contributed by atoms with Crippen LogP contribution < -0.4 is 11.1 Å². The van der Waals surface area contributed by atoms with Crippen molar-refractivity contribution in [3.8, 4) is 0 Å². The van der Waals surface area contributed by atoms with E-state index in [9.17, 15) is 18.0 Å². The molecule has 8 heteroatoms. The van der Waals surface area contributed by atoms with Gasteiger partial charge in [0.1, 0.15) is 6.61 Å². The number of rotatable bonds is 7. The molecular formula is C13H17F3N2O3. The zero-order chi connectivity index (χ0) is 15.9. The van der Waals surface area contributed by atoms with Crippen LogP contribution in [-0.4, -0.2) is 38.5 Å². The highest BCUT2D eigenvalue weighted by Crippen LogP contribution is 2.20. The quantitative estimate of drug-likeness (QED) is 0.460. The lowest BCUT2D eigenvalue weighted by Gasteiger charge is -2.13. The third kappa shape index (κ3) is 6.35. The molecule has 0 unspecified atom stereocenters. The van der Waals surface area contributed by atoms with Crippen LogP contribution in [0.1, 0.15) is 17.3 Å². The maximum atomic E-state index is 11.9. The van der Waals surface area contributed by atoms with Crippen LogP contribution in [-0.2, 0) is 9.47 Å². The lowest BCUT2D eigenvalue weighted by Crippen LogP contribution is -2.20. The Hall–Kier alpha value is -1.96. The number of esters is 1. The molecule has 5 nitrogen and oxygen atoms in total. The summed E-state index contributed by atoms with van der Waals surface area (Å²) in [7, 11) is 0. The second-order valence-electron chi connectivity index (χ2n) is 4.12. The van der Waals surface area contributed by atoms with Crippen LogP contribution in [0, 0.1) is 0 Å². The van der Waals surface area contributed by atoms with Gasteiger partial charge in [-0.25, -0.2) is 4.79 Å². The lowest BCUT2D eigenvalue weighted by molar-refractivity contribution is -0.172. The van der Waals surface area contributed by atoms with E-state index in [1.807, 2.05) is 0 Å². The molecule has 0 radical (unpaired) electrons. The highest BCUT2D eigenvalue weighted by Gasteiger charge is 2.27. The monoisotopic (exact) mass is 306 g/mol. The Labute approximate surface area is 120 Å². The number of halogens is 3. The SMILES string of the molecule is CCOC(=O)c1cc(N)ccc1NCCOCC(F)(F)F. The Morgan fingerprint density at radius 2 is 2.10 bits per heavy atom. The molecule has 118 valence electrons. The van der Waals surface area contributed by atoms with Crippen LogP contribution in [0.3, 0.4) is 0 Å². The van der Waals surface area contributed by atoms with Crippen molar-refractivity contribution in [3.05, 3.63) is 23.8 Å². The minimum atomic E-state index is -4.35. The molecule has 0 atom stereocenters. The van der Waals surface area contributed by atoms with Crippen molar-refractivity contribution in [2.24, 2.45) is 0 Å². The number of nitrogens with two attached hydrogens (primary N) is 1. The van der Waals surface area contributed by atoms with Gasteiger partial charge in [-0.15, -0.1) is 0 Å². The summed E-state index contributed by atoms with van der Waals surface area (Å²) in [6.07, 6.45) is -4.35. The summed E-state index contributed by atoms with van der Waals surface area (Å²) < 4.78 is 45.0. The minimum absolute atomic E-state index is 0.117. The Bertz CT molecular complexity index is 478. The normalized spacial score (nSPS) is 11.2. The van der Waals surface area contributed by atoms with E-state index >= 15 is 0 Å². The molecule has 0 fully saturated rings. The number of ether oxygens (including phenoxy) is 2. The summed E-state index contributed by atoms with van der Waals surface area (Å²) in [5.41, 5.74) is 6.64. The molecular weight excluding hydrogens is 289 g/mol. The van der Waals surface area contributed by atoms with E-state index in [0.29, 0.717) is 11.4 Å². The van der Waals surface area contributed by atoms with Gasteiger partial charge in [-0.2, -0.15) is 13.2 Å². The number of carbonyl (C=O) groups excluding carboxylic acids is 1. The van der Waals surface area contributed by atoms with Gasteiger partial charge in [-0.3, -0.25) is 0 Å². The smallest absolute Gasteiger partial charge is 0.411 e. The molecule has 3 N–H and O–H groups in total. The van der Waals surface area contributed by atoms with Crippen molar-refractivity contribution in [1.29, 1.82) is 0 Å². The van der Waals surface area contributed by atoms with Crippen LogP contribution in [0.25, 0.3) is 0 Å². The standard InChI is InChI=1S/C13H17F3N2O3/c1-2-21-12(19)10-7-9(17)3-4-11(10)18-5-6-20-8-13(14,15)16/h3-4,7,18H,2,5-6,8,17H2,1H3. The van der Waals surface area contributed by atoms with Gasteiger partial charge in [0.2, 0.25) is 0 Å². The Kier molecular flexibility index (Phi) is 6.29. The second kappa shape index (κ2) is 7.72. The van der Waals surface area contributed by atoms with Crippen molar-refractivity contribution in [2.45, 2.75) is 13.1 Å². The fourth-order valence-corrected chi connectivity index (χ4v) is 1.54. The Morgan fingerprint density at radius 1 is 1.38 bits per heavy atom. The molecule has 0 saturated carbocycles. The Balaban J connectivity index is 2.56. The van der Waals surface area contributed by atoms with Crippen LogP contribution >= 0.6 is 0 Å². The first-order valence-corrected chi connectivity index (χ1v) is 6.28. The summed E-state index contributed by atoms with van der Waals surface area (Å²) in [6.45, 7) is 0.545. The van der Waals surface area contributed by atoms with E-state index in [2.05, 4.69) is 10.1 Å². The maximum Gasteiger partial charge on any atom is 0.411 e. The van der Waals surface area contributed by atoms with Gasteiger partial charge < -0.3 is 20.5 Å². The Morgan fingerprint density at radius 3 is 2.71 bits per heavy atom. The average molecular weight is 306 g/mol. The molecule has 21 heavy (non-hydrogen) atoms. The molecule has 1 rings (SSSR count). The molecule has 0 amide bonds. The predicted octanol–water partition coefficient (Wildman–Crippen LogP) is 2.44. The predicted molar refractivity (Wildman–Crippen MR) is 72.2 cm³/mol. The van der Waals surface area contributed by atoms with Crippen LogP contribution in [0.4, 0.5) is 24.5 Å². The average Bonchev–Trinajstić information content (AvgIpc) is 2.38. The van der Waals surface area contributed by atoms with Crippen LogP contribution in [0.5, 0.6) is 0 Å². The number of benzene rings is 1. The molecule has 0 bridgehead atoms. The maximum absolute atomic E-state index is 11.9. The fourth-order valence-electron chi connectivity index (χ4n) is 1.54. The van der Waals surface area contributed by atoms with Gasteiger partial charge >= 0.3 is 12.1 Å². The topological polar surface area (TPSA) is 73.6 Å². The van der Waals surface area contributed by atoms with Crippen LogP contribution in [0.15, 0.2) is 18.2 Å². The molecule has 0 aliphatic rings. The highest BCUT2D eigenvalue weighted by molar-refractivity contribution is 5.96. The van der Waals surface area contributed by atoms with Gasteiger partial charge in [0.05, 0.1) is 18.8 Å². The van der Waals surface area contributed by atoms with Gasteiger partial charge in [0, 0.05) is 17.9 Å². The van der Waals surface area contributed by atoms with Gasteiger partial charge in [0.15, 0.2) is 0 Å². The van der Waals surface area contributed by atoms with Crippen molar-refractivity contribution in [1.82, 2.24) is 0 Å². The second-order valence-corrected chi connectivity index (χ2v) is 4.12. The van der Waals surface area contributed by atoms with E-state index in [0.717, 1.165) is 0 Å². The fraction of sp³-hybridized carbons (Fsp3) is 0.462. The molecule has 0 spiro atoms. The summed E-state index contributed by atoms with van der Waals surface area (Å²) in [6, 6.07) is 4.57. The molecule has 1 aromatic carbocycles. The first kappa shape index (κ1) is 17.1. The largest absolute Gasteiger partial charge is 0.462 e. The number of hydrogen-bond donors (Lipinski definition) is 2. The highest BCUT2D eigenvalue weighted by atomic mass is 19.4. The zero-order valence-corrected chi connectivity index (χ0v) is 11.5. The third-order valence-electron chi connectivity index (χ3n) is 2.37. The van der Waals surface area contributed by atoms with Gasteiger partial charge in [-0.05, 0) is 25.1 Å². The third-order valence-corrected chi connectivity index (χ3v) is 2.37. The lowest BCUT2D eigenvalue weighted by atomic mass is 10.1. The number of anilines is 2. The van der Waals surface area contributed by atoms with Crippen LogP contribution in [0.2, 0.25) is 0 Å². The number of carbonyl (C=O) groups is 1. The number of nitrogen functional groups attached to an aromatic ring is 1. The van der Waals surface area contributed by atoms with Gasteiger partial charge in [-0.1, -0.05) is 0 Å². The first-order chi connectivity index (χ1) is 9.83. The molecule has 0 heterocycles. The molecule has 0 aliphatic carbocycles. The summed E-state index contributed by atoms with van der Waals surface area (Å²) in [5, 5.41) is 2.82. The molecule has 0 aliphatic heterocycles. The van der Waals surface area contributed by atoms with E-state index in [1.54, 1.807) is 19.1 Å². The minimum Gasteiger partial charge on any atom is -0.462 e. The van der Waals surface area contributed by atoms with Crippen molar-refractivity contribution >= 4 is 17.3 Å². The van der Waals surface area contributed by atoms with Gasteiger partial charge in [0.25, 0.3) is 0 Å². The zero-order valence-electron chi connectivity index (χ0n) is 11.5. The summed E-state index contributed by atoms with van der Waals surface area (Å²) in [4.78, 5) is 11.7. The van der Waals surface area contributed by atoms with Crippen molar-refractivity contribution in [2.75, 3.05) is 37.4 Å². The number of alkyl halides is 3. The first-order valence-electron chi connectivity index (χ1n) is 6.28. The molecule has 0 aromatic heterocycles. The van der Waals surface area contributed by atoms with E-state index in [-0.39, 0.29) is 25.3 Å². The summed E-state index contributed by atoms with van der Waals surface area (Å²) >= 11 is 0. The number of nitrogens with one attached hydrogen (secondary N) is 1.